The number of amides is 1. The SMILES string of the molecule is C[C@@](C#N)(NC(=O)C[NH+]1CCN(S(=O)(=O)c2ccccc2F)CC1)C1CC1. The number of hydrogen-bond donors (Lipinski definition) is 2. The van der Waals surface area contributed by atoms with Gasteiger partial charge in [0, 0.05) is 0 Å². The normalized spacial score (nSPS) is 21.2. The predicted octanol–water partition coefficient (Wildman–Crippen LogP) is -0.477. The highest BCUT2D eigenvalue weighted by Crippen LogP contribution is 2.39. The molecule has 1 heterocycles. The Morgan fingerprint density at radius 3 is 2.56 bits per heavy atom. The monoisotopic (exact) mass is 395 g/mol. The molecule has 2 aliphatic rings. The number of sulfonamides is 1. The smallest absolute Gasteiger partial charge is 0.276 e. The second-order valence-corrected chi connectivity index (χ2v) is 9.30. The van der Waals surface area contributed by atoms with Crippen molar-refractivity contribution in [3.05, 3.63) is 30.1 Å². The number of carbonyl (C=O) groups is 1. The van der Waals surface area contributed by atoms with Gasteiger partial charge in [-0.2, -0.15) is 9.57 Å². The Balaban J connectivity index is 1.55. The van der Waals surface area contributed by atoms with Gasteiger partial charge in [-0.15, -0.1) is 0 Å². The number of hydrogen-bond acceptors (Lipinski definition) is 4. The second kappa shape index (κ2) is 7.54. The highest BCUT2D eigenvalue weighted by molar-refractivity contribution is 7.89. The Labute approximate surface area is 158 Å². The molecule has 1 amide bonds. The second-order valence-electron chi connectivity index (χ2n) is 7.40. The maximum absolute atomic E-state index is 13.9. The lowest BCUT2D eigenvalue weighted by molar-refractivity contribution is -0.895. The average molecular weight is 395 g/mol. The third-order valence-corrected chi connectivity index (χ3v) is 7.25. The summed E-state index contributed by atoms with van der Waals surface area (Å²) in [6.07, 6.45) is 1.90. The molecule has 1 aromatic carbocycles. The maximum Gasteiger partial charge on any atom is 0.276 e. The van der Waals surface area contributed by atoms with Crippen LogP contribution in [0.2, 0.25) is 0 Å². The number of halogens is 1. The van der Waals surface area contributed by atoms with E-state index in [1.165, 1.54) is 22.5 Å². The zero-order valence-corrected chi connectivity index (χ0v) is 16.1. The first-order valence-corrected chi connectivity index (χ1v) is 10.5. The van der Waals surface area contributed by atoms with Gasteiger partial charge >= 0.3 is 0 Å². The molecule has 0 unspecified atom stereocenters. The summed E-state index contributed by atoms with van der Waals surface area (Å²) in [5.74, 6) is -0.752. The third kappa shape index (κ3) is 4.29. The molecule has 0 aromatic heterocycles. The van der Waals surface area contributed by atoms with Crippen LogP contribution in [0.3, 0.4) is 0 Å². The Morgan fingerprint density at radius 2 is 2.00 bits per heavy atom. The van der Waals surface area contributed by atoms with Crippen molar-refractivity contribution in [3.63, 3.8) is 0 Å². The van der Waals surface area contributed by atoms with E-state index in [0.29, 0.717) is 13.1 Å². The molecule has 1 aromatic rings. The zero-order chi connectivity index (χ0) is 19.7. The third-order valence-electron chi connectivity index (χ3n) is 5.32. The van der Waals surface area contributed by atoms with Gasteiger partial charge in [0.15, 0.2) is 6.54 Å². The molecule has 1 saturated carbocycles. The van der Waals surface area contributed by atoms with Crippen LogP contribution in [0, 0.1) is 23.1 Å². The van der Waals surface area contributed by atoms with E-state index in [-0.39, 0.29) is 36.4 Å². The van der Waals surface area contributed by atoms with Crippen molar-refractivity contribution < 1.29 is 22.5 Å². The largest absolute Gasteiger partial charge is 0.333 e. The van der Waals surface area contributed by atoms with Crippen molar-refractivity contribution in [2.24, 2.45) is 5.92 Å². The summed E-state index contributed by atoms with van der Waals surface area (Å²) in [6.45, 7) is 3.28. The molecule has 146 valence electrons. The Morgan fingerprint density at radius 1 is 1.37 bits per heavy atom. The Bertz CT molecular complexity index is 858. The van der Waals surface area contributed by atoms with E-state index in [4.69, 9.17) is 0 Å². The van der Waals surface area contributed by atoms with Crippen LogP contribution in [0.5, 0.6) is 0 Å². The molecule has 2 N–H and O–H groups in total. The molecule has 9 heteroatoms. The number of benzene rings is 1. The Hall–Kier alpha value is -2.02. The van der Waals surface area contributed by atoms with Crippen LogP contribution < -0.4 is 10.2 Å². The number of carbonyl (C=O) groups excluding carboxylic acids is 1. The highest BCUT2D eigenvalue weighted by atomic mass is 32.2. The molecule has 0 spiro atoms. The molecule has 1 saturated heterocycles. The van der Waals surface area contributed by atoms with Crippen molar-refractivity contribution in [2.45, 2.75) is 30.2 Å². The van der Waals surface area contributed by atoms with Gasteiger partial charge in [-0.3, -0.25) is 4.79 Å². The molecule has 7 nitrogen and oxygen atoms in total. The standard InChI is InChI=1S/C18H23FN4O3S/c1-18(13-20,14-6-7-14)21-17(24)12-22-8-10-23(11-9-22)27(25,26)16-5-3-2-4-15(16)19/h2-5,14H,6-12H2,1H3,(H,21,24)/p+1/t18-/m0/s1. The summed E-state index contributed by atoms with van der Waals surface area (Å²) in [4.78, 5) is 12.9. The minimum Gasteiger partial charge on any atom is -0.333 e. The number of quaternary nitrogens is 1. The first-order valence-electron chi connectivity index (χ1n) is 9.07. The molecular formula is C18H24FN4O3S+. The fraction of sp³-hybridized carbons (Fsp3) is 0.556. The molecule has 0 radical (unpaired) electrons. The summed E-state index contributed by atoms with van der Waals surface area (Å²) in [7, 11) is -3.88. The van der Waals surface area contributed by atoms with Gasteiger partial charge in [-0.1, -0.05) is 12.1 Å². The number of nitrogens with zero attached hydrogens (tertiary/aromatic N) is 2. The number of nitrogens with one attached hydrogen (secondary N) is 2. The van der Waals surface area contributed by atoms with Gasteiger partial charge in [0.05, 0.1) is 32.2 Å². The number of nitriles is 1. The zero-order valence-electron chi connectivity index (χ0n) is 15.2. The quantitative estimate of drug-likeness (QED) is 0.681. The highest BCUT2D eigenvalue weighted by Gasteiger charge is 2.43. The lowest BCUT2D eigenvalue weighted by atomic mass is 9.98. The van der Waals surface area contributed by atoms with Crippen molar-refractivity contribution in [3.8, 4) is 6.07 Å². The summed E-state index contributed by atoms with van der Waals surface area (Å²) < 4.78 is 40.3. The van der Waals surface area contributed by atoms with Gasteiger partial charge in [0.1, 0.15) is 16.3 Å². The van der Waals surface area contributed by atoms with Crippen molar-refractivity contribution in [2.75, 3.05) is 32.7 Å². The van der Waals surface area contributed by atoms with E-state index in [2.05, 4.69) is 11.4 Å². The Kier molecular flexibility index (Phi) is 5.51. The predicted molar refractivity (Wildman–Crippen MR) is 95.6 cm³/mol. The van der Waals surface area contributed by atoms with Crippen molar-refractivity contribution in [1.82, 2.24) is 9.62 Å². The molecule has 1 aliphatic heterocycles. The van der Waals surface area contributed by atoms with Crippen LogP contribution in [0.4, 0.5) is 4.39 Å². The van der Waals surface area contributed by atoms with E-state index in [0.717, 1.165) is 23.8 Å². The van der Waals surface area contributed by atoms with E-state index in [9.17, 15) is 22.9 Å². The fourth-order valence-electron chi connectivity index (χ4n) is 3.46. The van der Waals surface area contributed by atoms with Crippen LogP contribution in [0.15, 0.2) is 29.2 Å². The topological polar surface area (TPSA) is 94.7 Å². The van der Waals surface area contributed by atoms with Gasteiger partial charge in [0.25, 0.3) is 5.91 Å². The van der Waals surface area contributed by atoms with Crippen LogP contribution in [-0.2, 0) is 14.8 Å². The maximum atomic E-state index is 13.9. The lowest BCUT2D eigenvalue weighted by Gasteiger charge is -2.32. The molecule has 3 rings (SSSR count). The van der Waals surface area contributed by atoms with Crippen molar-refractivity contribution in [1.29, 1.82) is 5.26 Å². The van der Waals surface area contributed by atoms with E-state index >= 15 is 0 Å². The van der Waals surface area contributed by atoms with Crippen LogP contribution in [0.1, 0.15) is 19.8 Å². The van der Waals surface area contributed by atoms with Crippen LogP contribution >= 0.6 is 0 Å². The summed E-state index contributed by atoms with van der Waals surface area (Å²) in [5.41, 5.74) is -0.827. The van der Waals surface area contributed by atoms with Crippen LogP contribution in [0.25, 0.3) is 0 Å². The summed E-state index contributed by atoms with van der Waals surface area (Å²) >= 11 is 0. The average Bonchev–Trinajstić information content (AvgIpc) is 3.48. The molecule has 2 fully saturated rings. The molecule has 1 aliphatic carbocycles. The van der Waals surface area contributed by atoms with Crippen LogP contribution in [-0.4, -0.2) is 56.9 Å². The first-order chi connectivity index (χ1) is 12.8. The molecule has 1 atom stereocenters. The van der Waals surface area contributed by atoms with E-state index in [1.54, 1.807) is 6.92 Å². The van der Waals surface area contributed by atoms with Gasteiger partial charge in [-0.25, -0.2) is 12.8 Å². The molecule has 27 heavy (non-hydrogen) atoms. The summed E-state index contributed by atoms with van der Waals surface area (Å²) in [5, 5.41) is 12.2. The van der Waals surface area contributed by atoms with Gasteiger partial charge in [0.2, 0.25) is 10.0 Å². The minimum absolute atomic E-state index is 0.192. The molecular weight excluding hydrogens is 371 g/mol. The number of piperazine rings is 1. The fourth-order valence-corrected chi connectivity index (χ4v) is 4.96. The molecule has 0 bridgehead atoms. The van der Waals surface area contributed by atoms with Gasteiger partial charge in [-0.05, 0) is 37.8 Å². The number of rotatable bonds is 6. The lowest BCUT2D eigenvalue weighted by Crippen LogP contribution is -3.16. The first kappa shape index (κ1) is 19.7. The van der Waals surface area contributed by atoms with Crippen molar-refractivity contribution >= 4 is 15.9 Å². The summed E-state index contributed by atoms with van der Waals surface area (Å²) in [6, 6.07) is 7.53. The van der Waals surface area contributed by atoms with E-state index < -0.39 is 21.4 Å². The van der Waals surface area contributed by atoms with Gasteiger partial charge < -0.3 is 10.2 Å². The van der Waals surface area contributed by atoms with E-state index in [1.807, 2.05) is 0 Å². The minimum atomic E-state index is -3.88.